The number of nitrogens with one attached hydrogen (secondary N) is 1. The molecular formula is C17H21N5O. The molecule has 0 atom stereocenters. The molecule has 0 aliphatic carbocycles. The first-order chi connectivity index (χ1) is 11.2. The normalized spacial score (nSPS) is 15.4. The van der Waals surface area contributed by atoms with E-state index in [-0.39, 0.29) is 5.91 Å². The average molecular weight is 311 g/mol. The third-order valence-corrected chi connectivity index (χ3v) is 3.89. The zero-order chi connectivity index (χ0) is 16.1. The van der Waals surface area contributed by atoms with Crippen LogP contribution in [0.25, 0.3) is 0 Å². The summed E-state index contributed by atoms with van der Waals surface area (Å²) in [6, 6.07) is 9.87. The first kappa shape index (κ1) is 15.4. The number of aromatic nitrogens is 2. The number of anilines is 2. The van der Waals surface area contributed by atoms with Crippen LogP contribution >= 0.6 is 0 Å². The summed E-state index contributed by atoms with van der Waals surface area (Å²) in [4.78, 5) is 24.3. The highest BCUT2D eigenvalue weighted by atomic mass is 16.1. The van der Waals surface area contributed by atoms with Crippen molar-refractivity contribution in [3.05, 3.63) is 48.3 Å². The highest BCUT2D eigenvalue weighted by Gasteiger charge is 2.18. The predicted octanol–water partition coefficient (Wildman–Crippen LogP) is 1.76. The maximum Gasteiger partial charge on any atom is 0.225 e. The van der Waals surface area contributed by atoms with Gasteiger partial charge in [0.25, 0.3) is 0 Å². The third kappa shape index (κ3) is 4.26. The number of hydrogen-bond donors (Lipinski definition) is 1. The monoisotopic (exact) mass is 311 g/mol. The zero-order valence-corrected chi connectivity index (χ0v) is 13.3. The Balaban J connectivity index is 1.51. The minimum Gasteiger partial charge on any atom is -0.338 e. The summed E-state index contributed by atoms with van der Waals surface area (Å²) >= 11 is 0. The molecule has 1 aromatic carbocycles. The van der Waals surface area contributed by atoms with Crippen molar-refractivity contribution in [1.29, 1.82) is 0 Å². The number of carbonyl (C=O) groups excluding carboxylic acids is 1. The van der Waals surface area contributed by atoms with E-state index >= 15 is 0 Å². The van der Waals surface area contributed by atoms with Crippen molar-refractivity contribution in [2.45, 2.75) is 13.5 Å². The second-order valence-electron chi connectivity index (χ2n) is 5.69. The van der Waals surface area contributed by atoms with Gasteiger partial charge in [0, 0.05) is 57.7 Å². The van der Waals surface area contributed by atoms with Crippen LogP contribution in [0.1, 0.15) is 12.5 Å². The van der Waals surface area contributed by atoms with Gasteiger partial charge in [-0.15, -0.1) is 0 Å². The maximum atomic E-state index is 11.0. The molecule has 0 unspecified atom stereocenters. The van der Waals surface area contributed by atoms with Gasteiger partial charge < -0.3 is 10.2 Å². The third-order valence-electron chi connectivity index (χ3n) is 3.89. The van der Waals surface area contributed by atoms with E-state index in [1.165, 1.54) is 12.5 Å². The minimum atomic E-state index is -0.0444. The molecule has 2 aromatic rings. The van der Waals surface area contributed by atoms with Crippen LogP contribution in [0.2, 0.25) is 0 Å². The summed E-state index contributed by atoms with van der Waals surface area (Å²) in [7, 11) is 0. The lowest BCUT2D eigenvalue weighted by Crippen LogP contribution is -2.46. The van der Waals surface area contributed by atoms with Gasteiger partial charge in [0.1, 0.15) is 0 Å². The van der Waals surface area contributed by atoms with Gasteiger partial charge in [-0.3, -0.25) is 9.69 Å². The van der Waals surface area contributed by atoms with Gasteiger partial charge in [-0.25, -0.2) is 9.97 Å². The van der Waals surface area contributed by atoms with Gasteiger partial charge in [0.15, 0.2) is 0 Å². The van der Waals surface area contributed by atoms with Crippen LogP contribution in [-0.2, 0) is 11.3 Å². The highest BCUT2D eigenvalue weighted by Crippen LogP contribution is 2.14. The van der Waals surface area contributed by atoms with E-state index in [0.717, 1.165) is 44.4 Å². The Kier molecular flexibility index (Phi) is 4.83. The molecule has 1 saturated heterocycles. The summed E-state index contributed by atoms with van der Waals surface area (Å²) in [5, 5.41) is 2.79. The summed E-state index contributed by atoms with van der Waals surface area (Å²) in [5.74, 6) is 0.767. The Morgan fingerprint density at radius 2 is 1.74 bits per heavy atom. The van der Waals surface area contributed by atoms with E-state index in [4.69, 9.17) is 0 Å². The van der Waals surface area contributed by atoms with Gasteiger partial charge in [0.2, 0.25) is 11.9 Å². The standard InChI is InChI=1S/C17H21N5O/c1-14(23)20-16-5-3-15(4-6-16)13-21-9-11-22(12-10-21)17-18-7-2-8-19-17/h2-8H,9-13H2,1H3,(H,20,23). The molecular weight excluding hydrogens is 290 g/mol. The molecule has 0 saturated carbocycles. The van der Waals surface area contributed by atoms with E-state index < -0.39 is 0 Å². The van der Waals surface area contributed by atoms with Crippen molar-refractivity contribution >= 4 is 17.5 Å². The number of carbonyl (C=O) groups is 1. The maximum absolute atomic E-state index is 11.0. The first-order valence-corrected chi connectivity index (χ1v) is 7.81. The predicted molar refractivity (Wildman–Crippen MR) is 90.3 cm³/mol. The number of piperazine rings is 1. The number of rotatable bonds is 4. The molecule has 1 aliphatic heterocycles. The number of benzene rings is 1. The molecule has 6 heteroatoms. The molecule has 1 fully saturated rings. The van der Waals surface area contributed by atoms with Crippen molar-refractivity contribution in [1.82, 2.24) is 14.9 Å². The van der Waals surface area contributed by atoms with Gasteiger partial charge in [-0.05, 0) is 23.8 Å². The topological polar surface area (TPSA) is 61.4 Å². The van der Waals surface area contributed by atoms with Crippen LogP contribution in [0.3, 0.4) is 0 Å². The number of nitrogens with zero attached hydrogens (tertiary/aromatic N) is 4. The lowest BCUT2D eigenvalue weighted by molar-refractivity contribution is -0.114. The average Bonchev–Trinajstić information content (AvgIpc) is 2.58. The molecule has 0 radical (unpaired) electrons. The van der Waals surface area contributed by atoms with Crippen molar-refractivity contribution < 1.29 is 4.79 Å². The van der Waals surface area contributed by atoms with Gasteiger partial charge in [0.05, 0.1) is 0 Å². The smallest absolute Gasteiger partial charge is 0.225 e. The van der Waals surface area contributed by atoms with Crippen molar-refractivity contribution in [3.63, 3.8) is 0 Å². The van der Waals surface area contributed by atoms with Crippen LogP contribution in [0.4, 0.5) is 11.6 Å². The number of hydrogen-bond acceptors (Lipinski definition) is 5. The molecule has 0 spiro atoms. The SMILES string of the molecule is CC(=O)Nc1ccc(CN2CCN(c3ncccn3)CC2)cc1. The Hall–Kier alpha value is -2.47. The fraction of sp³-hybridized carbons (Fsp3) is 0.353. The molecule has 1 aromatic heterocycles. The zero-order valence-electron chi connectivity index (χ0n) is 13.3. The quantitative estimate of drug-likeness (QED) is 0.932. The molecule has 3 rings (SSSR count). The number of amides is 1. The Morgan fingerprint density at radius 1 is 1.09 bits per heavy atom. The van der Waals surface area contributed by atoms with E-state index in [1.54, 1.807) is 12.4 Å². The van der Waals surface area contributed by atoms with Crippen LogP contribution in [-0.4, -0.2) is 47.0 Å². The Morgan fingerprint density at radius 3 is 2.35 bits per heavy atom. The van der Waals surface area contributed by atoms with Crippen molar-refractivity contribution in [2.24, 2.45) is 0 Å². The molecule has 1 N–H and O–H groups in total. The second-order valence-corrected chi connectivity index (χ2v) is 5.69. The van der Waals surface area contributed by atoms with Crippen LogP contribution in [0.15, 0.2) is 42.7 Å². The molecule has 0 bridgehead atoms. The Bertz CT molecular complexity index is 636. The van der Waals surface area contributed by atoms with Crippen LogP contribution in [0, 0.1) is 0 Å². The van der Waals surface area contributed by atoms with E-state index in [2.05, 4.69) is 37.2 Å². The molecule has 2 heterocycles. The summed E-state index contributed by atoms with van der Waals surface area (Å²) in [5.41, 5.74) is 2.09. The van der Waals surface area contributed by atoms with Gasteiger partial charge in [-0.1, -0.05) is 12.1 Å². The summed E-state index contributed by atoms with van der Waals surface area (Å²) < 4.78 is 0. The van der Waals surface area contributed by atoms with Crippen LogP contribution in [0.5, 0.6) is 0 Å². The lowest BCUT2D eigenvalue weighted by atomic mass is 10.2. The fourth-order valence-corrected chi connectivity index (χ4v) is 2.72. The van der Waals surface area contributed by atoms with Gasteiger partial charge in [-0.2, -0.15) is 0 Å². The molecule has 23 heavy (non-hydrogen) atoms. The highest BCUT2D eigenvalue weighted by molar-refractivity contribution is 5.88. The Labute approximate surface area is 136 Å². The van der Waals surface area contributed by atoms with E-state index in [9.17, 15) is 4.79 Å². The lowest BCUT2D eigenvalue weighted by Gasteiger charge is -2.34. The molecule has 1 aliphatic rings. The van der Waals surface area contributed by atoms with Crippen LogP contribution < -0.4 is 10.2 Å². The molecule has 6 nitrogen and oxygen atoms in total. The summed E-state index contributed by atoms with van der Waals surface area (Å²) in [6.45, 7) is 6.30. The second kappa shape index (κ2) is 7.19. The van der Waals surface area contributed by atoms with Crippen molar-refractivity contribution in [2.75, 3.05) is 36.4 Å². The largest absolute Gasteiger partial charge is 0.338 e. The fourth-order valence-electron chi connectivity index (χ4n) is 2.72. The summed E-state index contributed by atoms with van der Waals surface area (Å²) in [6.07, 6.45) is 3.57. The minimum absolute atomic E-state index is 0.0444. The molecule has 120 valence electrons. The van der Waals surface area contributed by atoms with Crippen molar-refractivity contribution in [3.8, 4) is 0 Å². The first-order valence-electron chi connectivity index (χ1n) is 7.81. The van der Waals surface area contributed by atoms with E-state index in [0.29, 0.717) is 0 Å². The molecule has 1 amide bonds. The van der Waals surface area contributed by atoms with E-state index in [1.807, 2.05) is 18.2 Å². The van der Waals surface area contributed by atoms with Gasteiger partial charge >= 0.3 is 0 Å².